The molecule has 8 heteroatoms. The molecule has 1 saturated heterocycles. The van der Waals surface area contributed by atoms with Gasteiger partial charge in [0, 0.05) is 6.54 Å². The molecule has 0 saturated carbocycles. The van der Waals surface area contributed by atoms with E-state index in [0.717, 1.165) is 4.31 Å². The van der Waals surface area contributed by atoms with E-state index >= 15 is 0 Å². The standard InChI is InChI=1S/C13H17NO6S/c1-9-12(13(15)19-3)14(21(16,17)20-9)8-10-4-6-11(18-2)7-5-10/h4-7,9,12H,8H2,1-3H3/t9-,12+/m0/s1. The Morgan fingerprint density at radius 1 is 1.29 bits per heavy atom. The average molecular weight is 315 g/mol. The van der Waals surface area contributed by atoms with Crippen molar-refractivity contribution in [2.75, 3.05) is 14.2 Å². The molecular weight excluding hydrogens is 298 g/mol. The zero-order valence-electron chi connectivity index (χ0n) is 12.0. The minimum atomic E-state index is -3.95. The minimum absolute atomic E-state index is 0.0242. The number of rotatable bonds is 4. The lowest BCUT2D eigenvalue weighted by Crippen LogP contribution is -2.42. The molecule has 1 aromatic carbocycles. The summed E-state index contributed by atoms with van der Waals surface area (Å²) in [7, 11) is -1.19. The summed E-state index contributed by atoms with van der Waals surface area (Å²) in [5.74, 6) is 0.0225. The normalized spacial score (nSPS) is 24.7. The van der Waals surface area contributed by atoms with Gasteiger partial charge in [0.15, 0.2) is 6.04 Å². The van der Waals surface area contributed by atoms with Crippen molar-refractivity contribution >= 4 is 16.3 Å². The summed E-state index contributed by atoms with van der Waals surface area (Å²) in [6, 6.07) is 5.91. The number of methoxy groups -OCH3 is 2. The van der Waals surface area contributed by atoms with Crippen LogP contribution in [0.15, 0.2) is 24.3 Å². The molecule has 0 aromatic heterocycles. The van der Waals surface area contributed by atoms with Gasteiger partial charge in [0.25, 0.3) is 0 Å². The zero-order valence-corrected chi connectivity index (χ0v) is 12.8. The monoisotopic (exact) mass is 315 g/mol. The number of nitrogens with zero attached hydrogens (tertiary/aromatic N) is 1. The molecule has 1 aliphatic rings. The van der Waals surface area contributed by atoms with Crippen LogP contribution in [0.1, 0.15) is 12.5 Å². The van der Waals surface area contributed by atoms with Crippen LogP contribution in [0.5, 0.6) is 5.75 Å². The number of hydrogen-bond acceptors (Lipinski definition) is 6. The molecule has 0 unspecified atom stereocenters. The van der Waals surface area contributed by atoms with Crippen molar-refractivity contribution in [1.29, 1.82) is 0 Å². The highest BCUT2D eigenvalue weighted by molar-refractivity contribution is 7.84. The SMILES string of the molecule is COC(=O)[C@H]1[C@H](C)OS(=O)(=O)N1Cc1ccc(OC)cc1. The number of carbonyl (C=O) groups is 1. The second-order valence-corrected chi connectivity index (χ2v) is 6.14. The topological polar surface area (TPSA) is 82.1 Å². The summed E-state index contributed by atoms with van der Waals surface area (Å²) < 4.78 is 39.6. The van der Waals surface area contributed by atoms with Crippen LogP contribution in [-0.2, 0) is 30.6 Å². The molecule has 21 heavy (non-hydrogen) atoms. The summed E-state index contributed by atoms with van der Waals surface area (Å²) in [6.07, 6.45) is -0.791. The minimum Gasteiger partial charge on any atom is -0.497 e. The van der Waals surface area contributed by atoms with Crippen LogP contribution in [0.3, 0.4) is 0 Å². The Morgan fingerprint density at radius 3 is 2.43 bits per heavy atom. The first kappa shape index (κ1) is 15.7. The molecule has 0 aliphatic carbocycles. The maximum atomic E-state index is 12.0. The fourth-order valence-electron chi connectivity index (χ4n) is 2.19. The third-order valence-electron chi connectivity index (χ3n) is 3.26. The van der Waals surface area contributed by atoms with Gasteiger partial charge in [0.05, 0.1) is 14.2 Å². The van der Waals surface area contributed by atoms with Crippen molar-refractivity contribution in [2.24, 2.45) is 0 Å². The van der Waals surface area contributed by atoms with Crippen molar-refractivity contribution < 1.29 is 26.9 Å². The van der Waals surface area contributed by atoms with E-state index in [9.17, 15) is 13.2 Å². The molecule has 1 aromatic rings. The summed E-state index contributed by atoms with van der Waals surface area (Å²) in [6.45, 7) is 1.55. The zero-order chi connectivity index (χ0) is 15.6. The summed E-state index contributed by atoms with van der Waals surface area (Å²) in [5, 5.41) is 0. The first-order valence-electron chi connectivity index (χ1n) is 6.30. The number of carbonyl (C=O) groups excluding carboxylic acids is 1. The van der Waals surface area contributed by atoms with Gasteiger partial charge in [-0.05, 0) is 24.6 Å². The largest absolute Gasteiger partial charge is 0.497 e. The van der Waals surface area contributed by atoms with Crippen LogP contribution in [0.4, 0.5) is 0 Å². The Labute approximate surface area is 123 Å². The highest BCUT2D eigenvalue weighted by atomic mass is 32.2. The van der Waals surface area contributed by atoms with Gasteiger partial charge in [-0.1, -0.05) is 12.1 Å². The number of hydrogen-bond donors (Lipinski definition) is 0. The van der Waals surface area contributed by atoms with E-state index in [1.165, 1.54) is 14.0 Å². The lowest BCUT2D eigenvalue weighted by Gasteiger charge is -2.20. The van der Waals surface area contributed by atoms with Gasteiger partial charge >= 0.3 is 16.3 Å². The van der Waals surface area contributed by atoms with Crippen LogP contribution < -0.4 is 4.74 Å². The van der Waals surface area contributed by atoms with Gasteiger partial charge in [-0.3, -0.25) is 8.98 Å². The highest BCUT2D eigenvalue weighted by Crippen LogP contribution is 2.28. The van der Waals surface area contributed by atoms with E-state index in [0.29, 0.717) is 11.3 Å². The smallest absolute Gasteiger partial charge is 0.339 e. The molecular formula is C13H17NO6S. The van der Waals surface area contributed by atoms with E-state index < -0.39 is 28.4 Å². The predicted molar refractivity (Wildman–Crippen MR) is 73.8 cm³/mol. The van der Waals surface area contributed by atoms with Gasteiger partial charge in [0.2, 0.25) is 0 Å². The molecule has 1 heterocycles. The molecule has 0 radical (unpaired) electrons. The molecule has 1 fully saturated rings. The fraction of sp³-hybridized carbons (Fsp3) is 0.462. The third kappa shape index (κ3) is 3.17. The second-order valence-electron chi connectivity index (χ2n) is 4.62. The summed E-state index contributed by atoms with van der Waals surface area (Å²) in [5.41, 5.74) is 0.714. The van der Waals surface area contributed by atoms with Gasteiger partial charge in [-0.15, -0.1) is 0 Å². The van der Waals surface area contributed by atoms with Crippen LogP contribution in [0, 0.1) is 0 Å². The molecule has 0 amide bonds. The maximum Gasteiger partial charge on any atom is 0.339 e. The Balaban J connectivity index is 2.27. The van der Waals surface area contributed by atoms with Crippen molar-refractivity contribution in [2.45, 2.75) is 25.6 Å². The summed E-state index contributed by atoms with van der Waals surface area (Å²) >= 11 is 0. The quantitative estimate of drug-likeness (QED) is 0.761. The van der Waals surface area contributed by atoms with Crippen molar-refractivity contribution in [3.8, 4) is 5.75 Å². The molecule has 1 aliphatic heterocycles. The molecule has 0 N–H and O–H groups in total. The van der Waals surface area contributed by atoms with E-state index in [1.54, 1.807) is 31.4 Å². The fourth-order valence-corrected chi connectivity index (χ4v) is 3.63. The highest BCUT2D eigenvalue weighted by Gasteiger charge is 2.48. The first-order chi connectivity index (χ1) is 9.89. The average Bonchev–Trinajstić information content (AvgIpc) is 2.68. The molecule has 2 rings (SSSR count). The van der Waals surface area contributed by atoms with Crippen molar-refractivity contribution in [3.05, 3.63) is 29.8 Å². The molecule has 7 nitrogen and oxygen atoms in total. The van der Waals surface area contributed by atoms with E-state index in [4.69, 9.17) is 8.92 Å². The Hall–Kier alpha value is -1.64. The molecule has 116 valence electrons. The third-order valence-corrected chi connectivity index (χ3v) is 4.73. The molecule has 2 atom stereocenters. The Morgan fingerprint density at radius 2 is 1.90 bits per heavy atom. The van der Waals surface area contributed by atoms with Crippen LogP contribution in [0.2, 0.25) is 0 Å². The van der Waals surface area contributed by atoms with E-state index in [2.05, 4.69) is 4.74 Å². The van der Waals surface area contributed by atoms with Crippen molar-refractivity contribution in [1.82, 2.24) is 4.31 Å². The van der Waals surface area contributed by atoms with E-state index in [-0.39, 0.29) is 6.54 Å². The molecule has 0 bridgehead atoms. The van der Waals surface area contributed by atoms with Gasteiger partial charge in [-0.25, -0.2) is 0 Å². The van der Waals surface area contributed by atoms with Crippen molar-refractivity contribution in [3.63, 3.8) is 0 Å². The lowest BCUT2D eigenvalue weighted by atomic mass is 10.1. The Bertz CT molecular complexity index is 612. The van der Waals surface area contributed by atoms with Gasteiger partial charge in [0.1, 0.15) is 11.9 Å². The number of esters is 1. The van der Waals surface area contributed by atoms with E-state index in [1.807, 2.05) is 0 Å². The van der Waals surface area contributed by atoms with Crippen LogP contribution in [-0.4, -0.2) is 45.1 Å². The van der Waals surface area contributed by atoms with Crippen LogP contribution in [0.25, 0.3) is 0 Å². The maximum absolute atomic E-state index is 12.0. The number of benzene rings is 1. The van der Waals surface area contributed by atoms with Crippen LogP contribution >= 0.6 is 0 Å². The number of ether oxygens (including phenoxy) is 2. The Kier molecular flexibility index (Phi) is 4.50. The second kappa shape index (κ2) is 6.00. The predicted octanol–water partition coefficient (Wildman–Crippen LogP) is 0.702. The van der Waals surface area contributed by atoms with Gasteiger partial charge < -0.3 is 9.47 Å². The first-order valence-corrected chi connectivity index (χ1v) is 7.66. The summed E-state index contributed by atoms with van der Waals surface area (Å²) in [4.78, 5) is 11.8. The van der Waals surface area contributed by atoms with Gasteiger partial charge in [-0.2, -0.15) is 12.7 Å². The molecule has 0 spiro atoms. The lowest BCUT2D eigenvalue weighted by molar-refractivity contribution is -0.146.